The second-order valence-electron chi connectivity index (χ2n) is 4.08. The molecule has 1 heterocycles. The molecule has 0 saturated heterocycles. The first-order valence-electron chi connectivity index (χ1n) is 5.40. The average molecular weight is 343 g/mol. The third kappa shape index (κ3) is 2.71. The fourth-order valence-electron chi connectivity index (χ4n) is 1.97. The molecule has 1 unspecified atom stereocenters. The van der Waals surface area contributed by atoms with Crippen molar-refractivity contribution in [3.8, 4) is 5.75 Å². The number of carboxylic acids is 1. The third-order valence-electron chi connectivity index (χ3n) is 2.80. The number of carbonyl (C=O) groups is 1. The predicted octanol–water partition coefficient (Wildman–Crippen LogP) is 2.03. The minimum Gasteiger partial charge on any atom is -0.508 e. The van der Waals surface area contributed by atoms with Gasteiger partial charge in [-0.15, -0.1) is 0 Å². The van der Waals surface area contributed by atoms with Crippen molar-refractivity contribution < 1.29 is 15.0 Å². The van der Waals surface area contributed by atoms with Gasteiger partial charge in [0.25, 0.3) is 0 Å². The van der Waals surface area contributed by atoms with Crippen LogP contribution in [0.1, 0.15) is 18.5 Å². The van der Waals surface area contributed by atoms with E-state index < -0.39 is 12.0 Å². The van der Waals surface area contributed by atoms with Crippen LogP contribution in [0.15, 0.2) is 33.9 Å². The van der Waals surface area contributed by atoms with E-state index in [2.05, 4.69) is 26.6 Å². The number of benzene rings is 1. The summed E-state index contributed by atoms with van der Waals surface area (Å²) in [5, 5.41) is 25.2. The van der Waals surface area contributed by atoms with Gasteiger partial charge in [0, 0.05) is 15.7 Å². The first-order valence-corrected chi connectivity index (χ1v) is 6.60. The Balaban J connectivity index is 2.58. The standard InChI is InChI=1S/C12H11BrN2O3S/c1-5-9(11(17)18)10(15-12(19)14-5)7-4-6(13)2-3-8(7)16/h2-4,10,16H,1H3,(H,17,18)(H2,14,15,19). The number of hydrogen-bond acceptors (Lipinski definition) is 3. The summed E-state index contributed by atoms with van der Waals surface area (Å²) in [4.78, 5) is 11.4. The van der Waals surface area contributed by atoms with E-state index in [1.165, 1.54) is 6.07 Å². The molecule has 0 radical (unpaired) electrons. The van der Waals surface area contributed by atoms with Gasteiger partial charge >= 0.3 is 5.97 Å². The van der Waals surface area contributed by atoms with Crippen molar-refractivity contribution in [1.82, 2.24) is 10.6 Å². The molecule has 1 aromatic rings. The van der Waals surface area contributed by atoms with Gasteiger partial charge < -0.3 is 20.8 Å². The second kappa shape index (κ2) is 5.18. The predicted molar refractivity (Wildman–Crippen MR) is 77.8 cm³/mol. The van der Waals surface area contributed by atoms with E-state index in [0.717, 1.165) is 4.47 Å². The van der Waals surface area contributed by atoms with Gasteiger partial charge in [-0.05, 0) is 37.3 Å². The van der Waals surface area contributed by atoms with Crippen molar-refractivity contribution in [2.24, 2.45) is 0 Å². The lowest BCUT2D eigenvalue weighted by Crippen LogP contribution is -2.44. The molecule has 7 heteroatoms. The lowest BCUT2D eigenvalue weighted by Gasteiger charge is -2.29. The molecule has 1 atom stereocenters. The molecule has 19 heavy (non-hydrogen) atoms. The summed E-state index contributed by atoms with van der Waals surface area (Å²) in [7, 11) is 0. The fourth-order valence-corrected chi connectivity index (χ4v) is 2.62. The molecular formula is C12H11BrN2O3S. The molecule has 0 aliphatic carbocycles. The first-order chi connectivity index (χ1) is 8.90. The Hall–Kier alpha value is -1.60. The molecule has 4 N–H and O–H groups in total. The number of hydrogen-bond donors (Lipinski definition) is 4. The molecular weight excluding hydrogens is 332 g/mol. The number of allylic oxidation sites excluding steroid dienone is 1. The van der Waals surface area contributed by atoms with Gasteiger partial charge in [-0.3, -0.25) is 0 Å². The molecule has 1 aliphatic heterocycles. The normalized spacial score (nSPS) is 18.8. The summed E-state index contributed by atoms with van der Waals surface area (Å²) in [6, 6.07) is 4.15. The molecule has 0 aromatic heterocycles. The summed E-state index contributed by atoms with van der Waals surface area (Å²) < 4.78 is 0.744. The highest BCUT2D eigenvalue weighted by Gasteiger charge is 2.31. The van der Waals surface area contributed by atoms with E-state index in [4.69, 9.17) is 12.2 Å². The zero-order valence-electron chi connectivity index (χ0n) is 9.90. The summed E-state index contributed by atoms with van der Waals surface area (Å²) in [6.07, 6.45) is 0. The van der Waals surface area contributed by atoms with Gasteiger partial charge in [0.2, 0.25) is 0 Å². The van der Waals surface area contributed by atoms with E-state index >= 15 is 0 Å². The van der Waals surface area contributed by atoms with Gasteiger partial charge in [-0.2, -0.15) is 0 Å². The van der Waals surface area contributed by atoms with E-state index in [-0.39, 0.29) is 11.3 Å². The summed E-state index contributed by atoms with van der Waals surface area (Å²) in [5.41, 5.74) is 1.04. The number of halogens is 1. The number of aliphatic carboxylic acids is 1. The van der Waals surface area contributed by atoms with E-state index in [0.29, 0.717) is 16.4 Å². The number of carboxylic acid groups (broad SMARTS) is 1. The van der Waals surface area contributed by atoms with Crippen LogP contribution in [-0.2, 0) is 4.79 Å². The highest BCUT2D eigenvalue weighted by molar-refractivity contribution is 9.10. The Bertz CT molecular complexity index is 601. The Labute approximate surface area is 123 Å². The minimum atomic E-state index is -1.07. The molecule has 1 aromatic carbocycles. The third-order valence-corrected chi connectivity index (χ3v) is 3.51. The first kappa shape index (κ1) is 13.8. The van der Waals surface area contributed by atoms with E-state index in [1.807, 2.05) is 0 Å². The zero-order valence-corrected chi connectivity index (χ0v) is 12.3. The Morgan fingerprint density at radius 2 is 2.16 bits per heavy atom. The van der Waals surface area contributed by atoms with Crippen LogP contribution in [0.2, 0.25) is 0 Å². The van der Waals surface area contributed by atoms with Gasteiger partial charge in [0.15, 0.2) is 5.11 Å². The minimum absolute atomic E-state index is 0.0111. The van der Waals surface area contributed by atoms with Crippen LogP contribution in [-0.4, -0.2) is 21.3 Å². The number of aromatic hydroxyl groups is 1. The van der Waals surface area contributed by atoms with Crippen LogP contribution in [0, 0.1) is 0 Å². The van der Waals surface area contributed by atoms with Crippen LogP contribution in [0.5, 0.6) is 5.75 Å². The zero-order chi connectivity index (χ0) is 14.2. The number of nitrogens with one attached hydrogen (secondary N) is 2. The highest BCUT2D eigenvalue weighted by atomic mass is 79.9. The van der Waals surface area contributed by atoms with Crippen molar-refractivity contribution in [3.05, 3.63) is 39.5 Å². The van der Waals surface area contributed by atoms with E-state index in [1.54, 1.807) is 19.1 Å². The van der Waals surface area contributed by atoms with Gasteiger partial charge in [0.1, 0.15) is 5.75 Å². The molecule has 0 fully saturated rings. The Morgan fingerprint density at radius 3 is 2.79 bits per heavy atom. The highest BCUT2D eigenvalue weighted by Crippen LogP contribution is 2.34. The Kier molecular flexibility index (Phi) is 3.77. The van der Waals surface area contributed by atoms with Crippen molar-refractivity contribution in [2.45, 2.75) is 13.0 Å². The molecule has 100 valence electrons. The molecule has 5 nitrogen and oxygen atoms in total. The van der Waals surface area contributed by atoms with Crippen molar-refractivity contribution in [1.29, 1.82) is 0 Å². The quantitative estimate of drug-likeness (QED) is 0.616. The van der Waals surface area contributed by atoms with Crippen molar-refractivity contribution in [2.75, 3.05) is 0 Å². The maximum absolute atomic E-state index is 11.4. The van der Waals surface area contributed by atoms with Crippen molar-refractivity contribution in [3.63, 3.8) is 0 Å². The van der Waals surface area contributed by atoms with Gasteiger partial charge in [-0.1, -0.05) is 15.9 Å². The maximum atomic E-state index is 11.4. The van der Waals surface area contributed by atoms with Crippen LogP contribution in [0.4, 0.5) is 0 Å². The SMILES string of the molecule is CC1=C(C(=O)O)C(c2cc(Br)ccc2O)NC(=S)N1. The van der Waals surface area contributed by atoms with Crippen LogP contribution in [0.25, 0.3) is 0 Å². The fraction of sp³-hybridized carbons (Fsp3) is 0.167. The molecule has 0 saturated carbocycles. The van der Waals surface area contributed by atoms with Crippen LogP contribution >= 0.6 is 28.1 Å². The number of phenols is 1. The number of thiocarbonyl (C=S) groups is 1. The average Bonchev–Trinajstić information content (AvgIpc) is 2.30. The monoisotopic (exact) mass is 342 g/mol. The van der Waals surface area contributed by atoms with Crippen LogP contribution < -0.4 is 10.6 Å². The molecule has 0 amide bonds. The summed E-state index contributed by atoms with van der Waals surface area (Å²) >= 11 is 8.33. The smallest absolute Gasteiger partial charge is 0.335 e. The second-order valence-corrected chi connectivity index (χ2v) is 5.40. The largest absolute Gasteiger partial charge is 0.508 e. The topological polar surface area (TPSA) is 81.6 Å². The lowest BCUT2D eigenvalue weighted by atomic mass is 9.95. The van der Waals surface area contributed by atoms with Crippen LogP contribution in [0.3, 0.4) is 0 Å². The summed E-state index contributed by atoms with van der Waals surface area (Å²) in [6.45, 7) is 1.64. The van der Waals surface area contributed by atoms with Gasteiger partial charge in [0.05, 0.1) is 11.6 Å². The maximum Gasteiger partial charge on any atom is 0.335 e. The van der Waals surface area contributed by atoms with E-state index in [9.17, 15) is 15.0 Å². The van der Waals surface area contributed by atoms with Crippen molar-refractivity contribution >= 4 is 39.2 Å². The Morgan fingerprint density at radius 1 is 1.47 bits per heavy atom. The molecule has 0 spiro atoms. The number of rotatable bonds is 2. The number of phenolic OH excluding ortho intramolecular Hbond substituents is 1. The lowest BCUT2D eigenvalue weighted by molar-refractivity contribution is -0.133. The molecule has 1 aliphatic rings. The molecule has 0 bridgehead atoms. The van der Waals surface area contributed by atoms with Gasteiger partial charge in [-0.25, -0.2) is 4.79 Å². The molecule has 2 rings (SSSR count). The summed E-state index contributed by atoms with van der Waals surface area (Å²) in [5.74, 6) is -1.05.